The largest absolute Gasteiger partial charge is 0.378 e. The van der Waals surface area contributed by atoms with Crippen molar-refractivity contribution in [3.05, 3.63) is 46.8 Å². The van der Waals surface area contributed by atoms with Gasteiger partial charge in [-0.05, 0) is 61.6 Å². The van der Waals surface area contributed by atoms with Crippen LogP contribution in [0.2, 0.25) is 5.02 Å². The smallest absolute Gasteiger partial charge is 0.305 e. The summed E-state index contributed by atoms with van der Waals surface area (Å²) in [5.41, 5.74) is 0.0259. The van der Waals surface area contributed by atoms with Crippen LogP contribution in [0.5, 0.6) is 0 Å². The average molecular weight is 466 g/mol. The molecule has 0 bridgehead atoms. The highest BCUT2D eigenvalue weighted by Crippen LogP contribution is 2.53. The van der Waals surface area contributed by atoms with Gasteiger partial charge in [-0.3, -0.25) is 4.79 Å². The number of nitrogens with one attached hydrogen (secondary N) is 1. The molecule has 2 saturated carbocycles. The number of nitrogens with zero attached hydrogens (tertiary/aromatic N) is 2. The van der Waals surface area contributed by atoms with Crippen LogP contribution in [0.4, 0.5) is 18.9 Å². The van der Waals surface area contributed by atoms with Crippen LogP contribution < -0.4 is 5.32 Å². The Hall–Kier alpha value is -2.50. The highest BCUT2D eigenvalue weighted by Gasteiger charge is 2.49. The summed E-state index contributed by atoms with van der Waals surface area (Å²) in [6, 6.07) is 3.95. The third kappa shape index (κ3) is 4.64. The Labute approximate surface area is 189 Å². The van der Waals surface area contributed by atoms with Crippen LogP contribution in [0.15, 0.2) is 24.5 Å². The van der Waals surface area contributed by atoms with E-state index in [1.165, 1.54) is 18.2 Å². The van der Waals surface area contributed by atoms with Crippen molar-refractivity contribution in [1.29, 1.82) is 0 Å². The summed E-state index contributed by atoms with van der Waals surface area (Å²) in [4.78, 5) is 17.4. The van der Waals surface area contributed by atoms with Crippen LogP contribution in [0.1, 0.15) is 54.7 Å². The number of carbonyl (C=O) groups excluding carboxylic acids is 1. The molecule has 2 aliphatic carbocycles. The quantitative estimate of drug-likeness (QED) is 0.642. The first-order valence-corrected chi connectivity index (χ1v) is 10.7. The predicted molar refractivity (Wildman–Crippen MR) is 114 cm³/mol. The molecule has 1 heterocycles. The van der Waals surface area contributed by atoms with Gasteiger partial charge in [0.05, 0.1) is 17.0 Å². The van der Waals surface area contributed by atoms with E-state index in [9.17, 15) is 23.1 Å². The molecular weight excluding hydrogens is 443 g/mol. The SMILES string of the molecule is Cn1cnc(C2CC3CC(O)(C#CC(C)(F)F)CC3C2)c1C(=O)Nc1ccc(F)c(Cl)c1. The number of rotatable bonds is 3. The fourth-order valence-corrected chi connectivity index (χ4v) is 5.18. The molecule has 0 radical (unpaired) electrons. The molecule has 2 aromatic rings. The molecule has 0 spiro atoms. The second-order valence-electron chi connectivity index (χ2n) is 8.94. The van der Waals surface area contributed by atoms with Gasteiger partial charge in [0.1, 0.15) is 17.1 Å². The lowest BCUT2D eigenvalue weighted by molar-refractivity contribution is 0.0802. The monoisotopic (exact) mass is 465 g/mol. The molecule has 2 atom stereocenters. The van der Waals surface area contributed by atoms with Gasteiger partial charge in [-0.15, -0.1) is 0 Å². The molecule has 5 nitrogen and oxygen atoms in total. The number of hydrogen-bond donors (Lipinski definition) is 2. The van der Waals surface area contributed by atoms with E-state index < -0.39 is 17.3 Å². The topological polar surface area (TPSA) is 67.1 Å². The Bertz CT molecular complexity index is 1100. The Morgan fingerprint density at radius 2 is 2.00 bits per heavy atom. The number of halogens is 4. The number of aliphatic hydroxyl groups is 1. The third-order valence-corrected chi connectivity index (χ3v) is 6.59. The van der Waals surface area contributed by atoms with Crippen molar-refractivity contribution >= 4 is 23.2 Å². The van der Waals surface area contributed by atoms with E-state index in [1.807, 2.05) is 5.92 Å². The summed E-state index contributed by atoms with van der Waals surface area (Å²) in [6.07, 6.45) is 3.62. The highest BCUT2D eigenvalue weighted by atomic mass is 35.5. The highest BCUT2D eigenvalue weighted by molar-refractivity contribution is 6.31. The number of aromatic nitrogens is 2. The normalized spacial score (nSPS) is 27.0. The van der Waals surface area contributed by atoms with Gasteiger partial charge in [0.15, 0.2) is 0 Å². The van der Waals surface area contributed by atoms with Crippen molar-refractivity contribution in [1.82, 2.24) is 9.55 Å². The molecule has 0 saturated heterocycles. The van der Waals surface area contributed by atoms with Gasteiger partial charge < -0.3 is 15.0 Å². The van der Waals surface area contributed by atoms with Gasteiger partial charge >= 0.3 is 5.92 Å². The fraction of sp³-hybridized carbons (Fsp3) is 0.478. The minimum Gasteiger partial charge on any atom is -0.378 e. The van der Waals surface area contributed by atoms with Gasteiger partial charge in [0, 0.05) is 25.6 Å². The molecule has 2 aliphatic rings. The first-order valence-electron chi connectivity index (χ1n) is 10.4. The fourth-order valence-electron chi connectivity index (χ4n) is 5.00. The number of anilines is 1. The maximum atomic E-state index is 13.4. The molecule has 1 aromatic heterocycles. The van der Waals surface area contributed by atoms with Crippen LogP contribution in [-0.2, 0) is 7.05 Å². The van der Waals surface area contributed by atoms with Gasteiger partial charge in [-0.25, -0.2) is 9.37 Å². The summed E-state index contributed by atoms with van der Waals surface area (Å²) in [6.45, 7) is 0.711. The van der Waals surface area contributed by atoms with Crippen molar-refractivity contribution in [2.45, 2.75) is 50.0 Å². The van der Waals surface area contributed by atoms with Crippen molar-refractivity contribution < 1.29 is 23.1 Å². The summed E-state index contributed by atoms with van der Waals surface area (Å²) in [5.74, 6) is 0.407. The van der Waals surface area contributed by atoms with E-state index in [4.69, 9.17) is 11.6 Å². The number of hydrogen-bond acceptors (Lipinski definition) is 3. The maximum absolute atomic E-state index is 13.4. The zero-order valence-electron chi connectivity index (χ0n) is 17.6. The van der Waals surface area contributed by atoms with Crippen LogP contribution in [0.25, 0.3) is 0 Å². The van der Waals surface area contributed by atoms with E-state index in [0.717, 1.165) is 0 Å². The van der Waals surface area contributed by atoms with Gasteiger partial charge in [0.25, 0.3) is 5.91 Å². The second kappa shape index (κ2) is 8.13. The Balaban J connectivity index is 1.48. The number of carbonyl (C=O) groups is 1. The van der Waals surface area contributed by atoms with E-state index in [0.29, 0.717) is 49.7 Å². The number of imidazole rings is 1. The Kier molecular flexibility index (Phi) is 5.76. The third-order valence-electron chi connectivity index (χ3n) is 6.30. The molecule has 1 aromatic carbocycles. The lowest BCUT2D eigenvalue weighted by atomic mass is 9.92. The zero-order chi connectivity index (χ0) is 23.3. The van der Waals surface area contributed by atoms with Crippen molar-refractivity contribution in [2.24, 2.45) is 18.9 Å². The van der Waals surface area contributed by atoms with Crippen LogP contribution in [0.3, 0.4) is 0 Å². The number of aryl methyl sites for hydroxylation is 1. The van der Waals surface area contributed by atoms with Crippen molar-refractivity contribution in [3.63, 3.8) is 0 Å². The van der Waals surface area contributed by atoms with Gasteiger partial charge in [-0.2, -0.15) is 8.78 Å². The molecule has 2 fully saturated rings. The minimum atomic E-state index is -3.14. The van der Waals surface area contributed by atoms with Crippen LogP contribution >= 0.6 is 11.6 Å². The second-order valence-corrected chi connectivity index (χ2v) is 9.35. The van der Waals surface area contributed by atoms with Crippen LogP contribution in [0, 0.1) is 29.5 Å². The van der Waals surface area contributed by atoms with Crippen molar-refractivity contribution in [3.8, 4) is 11.8 Å². The molecule has 0 aliphatic heterocycles. The summed E-state index contributed by atoms with van der Waals surface area (Å²) in [7, 11) is 1.72. The predicted octanol–water partition coefficient (Wildman–Crippen LogP) is 4.76. The molecule has 170 valence electrons. The number of alkyl halides is 2. The van der Waals surface area contributed by atoms with E-state index in [2.05, 4.69) is 16.2 Å². The number of benzene rings is 1. The number of amides is 1. The average Bonchev–Trinajstić information content (AvgIpc) is 3.33. The number of fused-ring (bicyclic) bond motifs is 1. The summed E-state index contributed by atoms with van der Waals surface area (Å²) in [5, 5.41) is 13.3. The summed E-state index contributed by atoms with van der Waals surface area (Å²) >= 11 is 5.80. The molecule has 4 rings (SSSR count). The molecule has 1 amide bonds. The molecule has 32 heavy (non-hydrogen) atoms. The molecule has 2 N–H and O–H groups in total. The molecule has 2 unspecified atom stereocenters. The first kappa shape index (κ1) is 22.7. The van der Waals surface area contributed by atoms with Crippen LogP contribution in [-0.4, -0.2) is 32.1 Å². The van der Waals surface area contributed by atoms with Gasteiger partial charge in [0.2, 0.25) is 0 Å². The molecular formula is C23H23ClF3N3O2. The summed E-state index contributed by atoms with van der Waals surface area (Å²) < 4.78 is 41.2. The zero-order valence-corrected chi connectivity index (χ0v) is 18.4. The molecule has 9 heteroatoms. The lowest BCUT2D eigenvalue weighted by Gasteiger charge is -2.19. The Morgan fingerprint density at radius 1 is 1.34 bits per heavy atom. The van der Waals surface area contributed by atoms with E-state index in [-0.39, 0.29) is 28.7 Å². The first-order chi connectivity index (χ1) is 14.9. The van der Waals surface area contributed by atoms with E-state index >= 15 is 0 Å². The van der Waals surface area contributed by atoms with Gasteiger partial charge in [-0.1, -0.05) is 17.5 Å². The van der Waals surface area contributed by atoms with Crippen molar-refractivity contribution in [2.75, 3.05) is 5.32 Å². The Morgan fingerprint density at radius 3 is 2.59 bits per heavy atom. The van der Waals surface area contributed by atoms with E-state index in [1.54, 1.807) is 17.9 Å². The maximum Gasteiger partial charge on any atom is 0.305 e. The lowest BCUT2D eigenvalue weighted by Crippen LogP contribution is -2.25. The minimum absolute atomic E-state index is 0.00822. The standard InChI is InChI=1S/C23H23ClF3N3O2/c1-22(26,27)5-6-23(32)10-14-7-13(8-15(14)11-23)19-20(30(2)12-28-19)21(31)29-16-3-4-18(25)17(24)9-16/h3-4,9,12-15,32H,7-8,10-11H2,1-2H3,(H,29,31).